The molecule has 5 heteroatoms. The van der Waals surface area contributed by atoms with Gasteiger partial charge in [0.15, 0.2) is 0 Å². The third-order valence-corrected chi connectivity index (χ3v) is 3.98. The highest BCUT2D eigenvalue weighted by Crippen LogP contribution is 2.18. The van der Waals surface area contributed by atoms with E-state index < -0.39 is 11.8 Å². The summed E-state index contributed by atoms with van der Waals surface area (Å²) in [6.45, 7) is 1.20. The number of carbonyl (C=O) groups excluding carboxylic acids is 2. The number of amides is 2. The standard InChI is InChI=1S/C18H17FN2O2/c19-16-7-5-13(6-8-16)11-20-17(22)18(23)21-10-9-14-3-1-2-4-15(14)12-21/h1-8H,9-12H2,(H,20,22). The molecular formula is C18H17FN2O2. The third-order valence-electron chi connectivity index (χ3n) is 3.98. The number of rotatable bonds is 2. The van der Waals surface area contributed by atoms with Crippen LogP contribution in [-0.2, 0) is 29.1 Å². The van der Waals surface area contributed by atoms with Crippen molar-refractivity contribution in [3.63, 3.8) is 0 Å². The van der Waals surface area contributed by atoms with Crippen LogP contribution in [0.1, 0.15) is 16.7 Å². The lowest BCUT2D eigenvalue weighted by Gasteiger charge is -2.28. The summed E-state index contributed by atoms with van der Waals surface area (Å²) >= 11 is 0. The summed E-state index contributed by atoms with van der Waals surface area (Å²) in [7, 11) is 0. The van der Waals surface area contributed by atoms with E-state index in [0.29, 0.717) is 13.1 Å². The summed E-state index contributed by atoms with van der Waals surface area (Å²) in [5, 5.41) is 2.59. The van der Waals surface area contributed by atoms with E-state index in [0.717, 1.165) is 17.5 Å². The zero-order valence-corrected chi connectivity index (χ0v) is 12.6. The summed E-state index contributed by atoms with van der Waals surface area (Å²) in [6.07, 6.45) is 0.757. The number of nitrogens with one attached hydrogen (secondary N) is 1. The van der Waals surface area contributed by atoms with Crippen LogP contribution in [0, 0.1) is 5.82 Å². The minimum atomic E-state index is -0.631. The van der Waals surface area contributed by atoms with Gasteiger partial charge in [-0.15, -0.1) is 0 Å². The summed E-state index contributed by atoms with van der Waals surface area (Å²) in [6, 6.07) is 13.7. The first kappa shape index (κ1) is 15.2. The summed E-state index contributed by atoms with van der Waals surface area (Å²) in [4.78, 5) is 25.8. The second-order valence-corrected chi connectivity index (χ2v) is 5.55. The van der Waals surface area contributed by atoms with Crippen molar-refractivity contribution in [2.24, 2.45) is 0 Å². The van der Waals surface area contributed by atoms with E-state index in [1.807, 2.05) is 24.3 Å². The normalized spacial score (nSPS) is 13.3. The molecule has 1 heterocycles. The van der Waals surface area contributed by atoms with Gasteiger partial charge in [0.25, 0.3) is 0 Å². The summed E-state index contributed by atoms with van der Waals surface area (Å²) in [5.41, 5.74) is 3.05. The van der Waals surface area contributed by atoms with Crippen LogP contribution in [0.25, 0.3) is 0 Å². The van der Waals surface area contributed by atoms with Gasteiger partial charge < -0.3 is 10.2 Å². The van der Waals surface area contributed by atoms with Gasteiger partial charge in [-0.25, -0.2) is 4.39 Å². The Morgan fingerprint density at radius 1 is 1.04 bits per heavy atom. The van der Waals surface area contributed by atoms with Crippen molar-refractivity contribution in [3.8, 4) is 0 Å². The van der Waals surface area contributed by atoms with E-state index >= 15 is 0 Å². The first-order valence-electron chi connectivity index (χ1n) is 7.52. The molecule has 118 valence electrons. The zero-order valence-electron chi connectivity index (χ0n) is 12.6. The molecule has 2 aromatic rings. The lowest BCUT2D eigenvalue weighted by molar-refractivity contribution is -0.146. The minimum Gasteiger partial charge on any atom is -0.344 e. The Bertz CT molecular complexity index is 728. The number of fused-ring (bicyclic) bond motifs is 1. The van der Waals surface area contributed by atoms with E-state index in [1.165, 1.54) is 17.7 Å². The third kappa shape index (κ3) is 3.56. The van der Waals surface area contributed by atoms with Gasteiger partial charge in [-0.3, -0.25) is 9.59 Å². The first-order chi connectivity index (χ1) is 11.1. The molecule has 4 nitrogen and oxygen atoms in total. The second-order valence-electron chi connectivity index (χ2n) is 5.55. The van der Waals surface area contributed by atoms with Crippen LogP contribution in [0.2, 0.25) is 0 Å². The van der Waals surface area contributed by atoms with Crippen molar-refractivity contribution >= 4 is 11.8 Å². The topological polar surface area (TPSA) is 49.4 Å². The van der Waals surface area contributed by atoms with Crippen molar-refractivity contribution in [2.75, 3.05) is 6.54 Å². The van der Waals surface area contributed by atoms with Gasteiger partial charge in [0.05, 0.1) is 0 Å². The molecule has 0 radical (unpaired) electrons. The molecule has 0 unspecified atom stereocenters. The fourth-order valence-corrected chi connectivity index (χ4v) is 2.67. The van der Waals surface area contributed by atoms with Crippen molar-refractivity contribution < 1.29 is 14.0 Å². The predicted octanol–water partition coefficient (Wildman–Crippen LogP) is 2.03. The fourth-order valence-electron chi connectivity index (χ4n) is 2.67. The molecule has 2 amide bonds. The van der Waals surface area contributed by atoms with E-state index in [4.69, 9.17) is 0 Å². The van der Waals surface area contributed by atoms with Gasteiger partial charge in [0.1, 0.15) is 5.82 Å². The van der Waals surface area contributed by atoms with Gasteiger partial charge in [-0.2, -0.15) is 0 Å². The van der Waals surface area contributed by atoms with Crippen molar-refractivity contribution in [3.05, 3.63) is 71.0 Å². The molecule has 0 aliphatic carbocycles. The Hall–Kier alpha value is -2.69. The van der Waals surface area contributed by atoms with Gasteiger partial charge in [0, 0.05) is 19.6 Å². The molecule has 0 fully saturated rings. The Morgan fingerprint density at radius 2 is 1.74 bits per heavy atom. The molecular weight excluding hydrogens is 295 g/mol. The van der Waals surface area contributed by atoms with Crippen LogP contribution in [-0.4, -0.2) is 23.3 Å². The fraction of sp³-hybridized carbons (Fsp3) is 0.222. The number of benzene rings is 2. The van der Waals surface area contributed by atoms with E-state index in [-0.39, 0.29) is 12.4 Å². The molecule has 1 N–H and O–H groups in total. The van der Waals surface area contributed by atoms with E-state index in [2.05, 4.69) is 5.32 Å². The van der Waals surface area contributed by atoms with Crippen LogP contribution in [0.4, 0.5) is 4.39 Å². The Labute approximate surface area is 133 Å². The van der Waals surface area contributed by atoms with Crippen LogP contribution in [0.15, 0.2) is 48.5 Å². The Balaban J connectivity index is 1.58. The average Bonchev–Trinajstić information content (AvgIpc) is 2.60. The van der Waals surface area contributed by atoms with Crippen molar-refractivity contribution in [2.45, 2.75) is 19.5 Å². The maximum absolute atomic E-state index is 12.8. The van der Waals surface area contributed by atoms with Gasteiger partial charge in [-0.05, 0) is 35.2 Å². The Kier molecular flexibility index (Phi) is 4.37. The number of nitrogens with zero attached hydrogens (tertiary/aromatic N) is 1. The first-order valence-corrected chi connectivity index (χ1v) is 7.52. The molecule has 0 bridgehead atoms. The number of hydrogen-bond donors (Lipinski definition) is 1. The summed E-state index contributed by atoms with van der Waals surface area (Å²) in [5.74, 6) is -1.49. The number of halogens is 1. The smallest absolute Gasteiger partial charge is 0.312 e. The molecule has 1 aliphatic rings. The van der Waals surface area contributed by atoms with E-state index in [9.17, 15) is 14.0 Å². The highest BCUT2D eigenvalue weighted by Gasteiger charge is 2.25. The molecule has 0 saturated heterocycles. The lowest BCUT2D eigenvalue weighted by atomic mass is 10.00. The molecule has 0 spiro atoms. The SMILES string of the molecule is O=C(NCc1ccc(F)cc1)C(=O)N1CCc2ccccc2C1. The van der Waals surface area contributed by atoms with Crippen LogP contribution in [0.3, 0.4) is 0 Å². The Morgan fingerprint density at radius 3 is 2.48 bits per heavy atom. The van der Waals surface area contributed by atoms with E-state index in [1.54, 1.807) is 17.0 Å². The van der Waals surface area contributed by atoms with Gasteiger partial charge in [0.2, 0.25) is 0 Å². The maximum atomic E-state index is 12.8. The summed E-state index contributed by atoms with van der Waals surface area (Å²) < 4.78 is 12.8. The highest BCUT2D eigenvalue weighted by molar-refractivity contribution is 6.34. The molecule has 2 aromatic carbocycles. The quantitative estimate of drug-likeness (QED) is 0.863. The molecule has 23 heavy (non-hydrogen) atoms. The molecule has 0 saturated carbocycles. The number of hydrogen-bond acceptors (Lipinski definition) is 2. The molecule has 0 atom stereocenters. The zero-order chi connectivity index (χ0) is 16.2. The minimum absolute atomic E-state index is 0.204. The van der Waals surface area contributed by atoms with Gasteiger partial charge >= 0.3 is 11.8 Å². The van der Waals surface area contributed by atoms with Gasteiger partial charge in [-0.1, -0.05) is 36.4 Å². The highest BCUT2D eigenvalue weighted by atomic mass is 19.1. The van der Waals surface area contributed by atoms with Crippen LogP contribution >= 0.6 is 0 Å². The van der Waals surface area contributed by atoms with Crippen LogP contribution in [0.5, 0.6) is 0 Å². The lowest BCUT2D eigenvalue weighted by Crippen LogP contribution is -2.44. The maximum Gasteiger partial charge on any atom is 0.312 e. The molecule has 1 aliphatic heterocycles. The average molecular weight is 312 g/mol. The molecule has 3 rings (SSSR count). The predicted molar refractivity (Wildman–Crippen MR) is 83.8 cm³/mol. The largest absolute Gasteiger partial charge is 0.344 e. The second kappa shape index (κ2) is 6.60. The monoisotopic (exact) mass is 312 g/mol. The van der Waals surface area contributed by atoms with Crippen molar-refractivity contribution in [1.29, 1.82) is 0 Å². The van der Waals surface area contributed by atoms with Crippen molar-refractivity contribution in [1.82, 2.24) is 10.2 Å². The van der Waals surface area contributed by atoms with Crippen LogP contribution < -0.4 is 5.32 Å². The molecule has 0 aromatic heterocycles. The number of carbonyl (C=O) groups is 2.